The first-order valence-corrected chi connectivity index (χ1v) is 7.51. The summed E-state index contributed by atoms with van der Waals surface area (Å²) in [5.74, 6) is 0.400. The SMILES string of the molecule is Cl.Cl.NC1CCC(C(=O)NCCCN2CCCCC2)C1. The van der Waals surface area contributed by atoms with Crippen molar-refractivity contribution in [2.45, 2.75) is 51.0 Å². The maximum Gasteiger partial charge on any atom is 0.223 e. The minimum Gasteiger partial charge on any atom is -0.356 e. The van der Waals surface area contributed by atoms with Crippen LogP contribution in [0.3, 0.4) is 0 Å². The lowest BCUT2D eigenvalue weighted by atomic mass is 10.1. The van der Waals surface area contributed by atoms with Crippen LogP contribution in [0, 0.1) is 5.92 Å². The van der Waals surface area contributed by atoms with Crippen LogP contribution in [-0.4, -0.2) is 43.0 Å². The van der Waals surface area contributed by atoms with E-state index in [0.29, 0.717) is 0 Å². The van der Waals surface area contributed by atoms with Crippen molar-refractivity contribution in [3.63, 3.8) is 0 Å². The van der Waals surface area contributed by atoms with Gasteiger partial charge in [0.25, 0.3) is 0 Å². The zero-order chi connectivity index (χ0) is 12.8. The zero-order valence-electron chi connectivity index (χ0n) is 12.2. The molecule has 1 aliphatic heterocycles. The summed E-state index contributed by atoms with van der Waals surface area (Å²) in [6.45, 7) is 4.43. The topological polar surface area (TPSA) is 58.4 Å². The summed E-state index contributed by atoms with van der Waals surface area (Å²) in [7, 11) is 0. The number of carbonyl (C=O) groups excluding carboxylic acids is 1. The van der Waals surface area contributed by atoms with Crippen molar-refractivity contribution in [2.75, 3.05) is 26.2 Å². The number of nitrogens with two attached hydrogens (primary N) is 1. The Bertz CT molecular complexity index is 273. The Balaban J connectivity index is 0.00000180. The van der Waals surface area contributed by atoms with Gasteiger partial charge in [0, 0.05) is 18.5 Å². The molecule has 3 N–H and O–H groups in total. The van der Waals surface area contributed by atoms with Crippen molar-refractivity contribution in [2.24, 2.45) is 11.7 Å². The fourth-order valence-electron chi connectivity index (χ4n) is 3.10. The van der Waals surface area contributed by atoms with Gasteiger partial charge in [-0.05, 0) is 58.2 Å². The number of carbonyl (C=O) groups is 1. The van der Waals surface area contributed by atoms with Crippen LogP contribution >= 0.6 is 24.8 Å². The number of nitrogens with zero attached hydrogens (tertiary/aromatic N) is 1. The standard InChI is InChI=1S/C14H27N3O.2ClH/c15-13-6-5-12(11-13)14(18)16-7-4-10-17-8-2-1-3-9-17;;/h12-13H,1-11,15H2,(H,16,18);2*1H. The fraction of sp³-hybridized carbons (Fsp3) is 0.929. The van der Waals surface area contributed by atoms with Crippen LogP contribution < -0.4 is 11.1 Å². The molecular formula is C14H29Cl2N3O. The molecule has 1 saturated carbocycles. The molecule has 0 aromatic carbocycles. The van der Waals surface area contributed by atoms with Crippen LogP contribution in [0.25, 0.3) is 0 Å². The molecular weight excluding hydrogens is 297 g/mol. The van der Waals surface area contributed by atoms with Crippen molar-refractivity contribution in [3.05, 3.63) is 0 Å². The van der Waals surface area contributed by atoms with Gasteiger partial charge in [-0.15, -0.1) is 24.8 Å². The van der Waals surface area contributed by atoms with Gasteiger partial charge in [0.15, 0.2) is 0 Å². The van der Waals surface area contributed by atoms with Crippen LogP contribution in [0.5, 0.6) is 0 Å². The lowest BCUT2D eigenvalue weighted by molar-refractivity contribution is -0.124. The lowest BCUT2D eigenvalue weighted by Crippen LogP contribution is -2.35. The van der Waals surface area contributed by atoms with Gasteiger partial charge in [-0.25, -0.2) is 0 Å². The Morgan fingerprint density at radius 2 is 1.85 bits per heavy atom. The van der Waals surface area contributed by atoms with E-state index in [4.69, 9.17) is 5.73 Å². The van der Waals surface area contributed by atoms with Crippen LogP contribution in [0.4, 0.5) is 0 Å². The highest BCUT2D eigenvalue weighted by Crippen LogP contribution is 2.23. The number of piperidine rings is 1. The van der Waals surface area contributed by atoms with Gasteiger partial charge < -0.3 is 16.0 Å². The van der Waals surface area contributed by atoms with Gasteiger partial charge in [0.1, 0.15) is 0 Å². The summed E-state index contributed by atoms with van der Waals surface area (Å²) < 4.78 is 0. The second-order valence-electron chi connectivity index (χ2n) is 5.82. The highest BCUT2D eigenvalue weighted by molar-refractivity contribution is 5.85. The minimum absolute atomic E-state index is 0. The minimum atomic E-state index is 0. The number of halogens is 2. The predicted molar refractivity (Wildman–Crippen MR) is 87.7 cm³/mol. The Morgan fingerprint density at radius 1 is 1.15 bits per heavy atom. The van der Waals surface area contributed by atoms with E-state index in [0.717, 1.165) is 38.8 Å². The highest BCUT2D eigenvalue weighted by atomic mass is 35.5. The Hall–Kier alpha value is -0.0300. The Morgan fingerprint density at radius 3 is 2.45 bits per heavy atom. The number of hydrogen-bond donors (Lipinski definition) is 2. The number of amides is 1. The third-order valence-corrected chi connectivity index (χ3v) is 4.24. The van der Waals surface area contributed by atoms with Gasteiger partial charge >= 0.3 is 0 Å². The molecule has 0 spiro atoms. The molecule has 2 unspecified atom stereocenters. The monoisotopic (exact) mass is 325 g/mol. The molecule has 2 fully saturated rings. The third kappa shape index (κ3) is 6.61. The van der Waals surface area contributed by atoms with Crippen LogP contribution in [0.15, 0.2) is 0 Å². The van der Waals surface area contributed by atoms with Crippen molar-refractivity contribution < 1.29 is 4.79 Å². The molecule has 0 radical (unpaired) electrons. The van der Waals surface area contributed by atoms with E-state index in [1.54, 1.807) is 0 Å². The lowest BCUT2D eigenvalue weighted by Gasteiger charge is -2.26. The van der Waals surface area contributed by atoms with Gasteiger partial charge in [-0.1, -0.05) is 6.42 Å². The molecule has 0 aromatic heterocycles. The van der Waals surface area contributed by atoms with E-state index in [1.165, 1.54) is 32.4 Å². The van der Waals surface area contributed by atoms with Crippen molar-refractivity contribution >= 4 is 30.7 Å². The van der Waals surface area contributed by atoms with E-state index < -0.39 is 0 Å². The van der Waals surface area contributed by atoms with E-state index >= 15 is 0 Å². The molecule has 4 nitrogen and oxygen atoms in total. The number of likely N-dealkylation sites (tertiary alicyclic amines) is 1. The van der Waals surface area contributed by atoms with Gasteiger partial charge in [-0.2, -0.15) is 0 Å². The van der Waals surface area contributed by atoms with E-state index in [9.17, 15) is 4.79 Å². The third-order valence-electron chi connectivity index (χ3n) is 4.24. The van der Waals surface area contributed by atoms with Gasteiger partial charge in [-0.3, -0.25) is 4.79 Å². The molecule has 2 atom stereocenters. The maximum atomic E-state index is 11.9. The molecule has 20 heavy (non-hydrogen) atoms. The largest absolute Gasteiger partial charge is 0.356 e. The zero-order valence-corrected chi connectivity index (χ0v) is 13.8. The summed E-state index contributed by atoms with van der Waals surface area (Å²) in [6, 6.07) is 0.245. The Kier molecular flexibility index (Phi) is 10.6. The number of hydrogen-bond acceptors (Lipinski definition) is 3. The molecule has 1 amide bonds. The summed E-state index contributed by atoms with van der Waals surface area (Å²) in [5, 5.41) is 3.06. The molecule has 120 valence electrons. The van der Waals surface area contributed by atoms with Gasteiger partial charge in [0.05, 0.1) is 0 Å². The average Bonchev–Trinajstić information content (AvgIpc) is 2.82. The first-order valence-electron chi connectivity index (χ1n) is 7.51. The van der Waals surface area contributed by atoms with Crippen LogP contribution in [0.1, 0.15) is 44.9 Å². The highest BCUT2D eigenvalue weighted by Gasteiger charge is 2.27. The number of nitrogens with one attached hydrogen (secondary N) is 1. The van der Waals surface area contributed by atoms with Crippen molar-refractivity contribution in [3.8, 4) is 0 Å². The van der Waals surface area contributed by atoms with Crippen LogP contribution in [-0.2, 0) is 4.79 Å². The maximum absolute atomic E-state index is 11.9. The molecule has 1 heterocycles. The Labute approximate surface area is 135 Å². The van der Waals surface area contributed by atoms with E-state index in [1.807, 2.05) is 0 Å². The average molecular weight is 326 g/mol. The summed E-state index contributed by atoms with van der Waals surface area (Å²) in [5.41, 5.74) is 5.83. The first-order chi connectivity index (χ1) is 8.75. The second-order valence-corrected chi connectivity index (χ2v) is 5.82. The second kappa shape index (κ2) is 10.7. The molecule has 2 aliphatic rings. The normalized spacial score (nSPS) is 26.4. The van der Waals surface area contributed by atoms with E-state index in [2.05, 4.69) is 10.2 Å². The fourth-order valence-corrected chi connectivity index (χ4v) is 3.10. The van der Waals surface area contributed by atoms with Gasteiger partial charge in [0.2, 0.25) is 5.91 Å². The quantitative estimate of drug-likeness (QED) is 0.759. The van der Waals surface area contributed by atoms with Crippen molar-refractivity contribution in [1.82, 2.24) is 10.2 Å². The first kappa shape index (κ1) is 20.0. The summed E-state index contributed by atoms with van der Waals surface area (Å²) in [4.78, 5) is 14.4. The molecule has 1 aliphatic carbocycles. The summed E-state index contributed by atoms with van der Waals surface area (Å²) >= 11 is 0. The van der Waals surface area contributed by atoms with Crippen molar-refractivity contribution in [1.29, 1.82) is 0 Å². The smallest absolute Gasteiger partial charge is 0.223 e. The predicted octanol–water partition coefficient (Wildman–Crippen LogP) is 1.95. The summed E-state index contributed by atoms with van der Waals surface area (Å²) in [6.07, 6.45) is 7.99. The molecule has 0 bridgehead atoms. The van der Waals surface area contributed by atoms with E-state index in [-0.39, 0.29) is 42.7 Å². The molecule has 2 rings (SSSR count). The van der Waals surface area contributed by atoms with Crippen LogP contribution in [0.2, 0.25) is 0 Å². The molecule has 6 heteroatoms. The molecule has 1 saturated heterocycles. The molecule has 0 aromatic rings. The number of rotatable bonds is 5.